The molecule has 0 saturated heterocycles. The van der Waals surface area contributed by atoms with E-state index >= 15 is 0 Å². The van der Waals surface area contributed by atoms with Gasteiger partial charge in [0.05, 0.1) is 30.7 Å². The highest BCUT2D eigenvalue weighted by molar-refractivity contribution is 7.17. The summed E-state index contributed by atoms with van der Waals surface area (Å²) in [5.74, 6) is -1.16. The number of benzene rings is 2. The predicted octanol–water partition coefficient (Wildman–Crippen LogP) is 5.78. The lowest BCUT2D eigenvalue weighted by Gasteiger charge is -2.18. The molecule has 0 bridgehead atoms. The number of hydrogen-bond acceptors (Lipinski definition) is 8. The minimum atomic E-state index is -0.967. The Labute approximate surface area is 260 Å². The predicted molar refractivity (Wildman–Crippen MR) is 171 cm³/mol. The maximum Gasteiger partial charge on any atom is 0.341 e. The molecule has 2 N–H and O–H groups in total. The number of para-hydroxylation sites is 1. The largest absolute Gasteiger partial charge is 0.494 e. The average molecular weight is 614 g/mol. The lowest BCUT2D eigenvalue weighted by atomic mass is 9.88. The molecule has 0 spiro atoms. The van der Waals surface area contributed by atoms with E-state index in [1.165, 1.54) is 17.6 Å². The van der Waals surface area contributed by atoms with Crippen molar-refractivity contribution in [2.24, 2.45) is 11.0 Å². The van der Waals surface area contributed by atoms with E-state index in [1.54, 1.807) is 17.8 Å². The van der Waals surface area contributed by atoms with Gasteiger partial charge in [0.1, 0.15) is 16.4 Å². The van der Waals surface area contributed by atoms with Crippen LogP contribution in [0.25, 0.3) is 16.9 Å². The van der Waals surface area contributed by atoms with E-state index in [-0.39, 0.29) is 6.61 Å². The Hall–Kier alpha value is -4.77. The Balaban J connectivity index is 1.33. The fourth-order valence-corrected chi connectivity index (χ4v) is 6.37. The van der Waals surface area contributed by atoms with Gasteiger partial charge in [0.15, 0.2) is 0 Å². The molecule has 0 aliphatic heterocycles. The number of fused-ring (bicyclic) bond motifs is 1. The van der Waals surface area contributed by atoms with Crippen LogP contribution in [0.3, 0.4) is 0 Å². The third kappa shape index (κ3) is 7.05. The summed E-state index contributed by atoms with van der Waals surface area (Å²) in [4.78, 5) is 39.4. The minimum Gasteiger partial charge on any atom is -0.494 e. The van der Waals surface area contributed by atoms with E-state index < -0.39 is 17.8 Å². The van der Waals surface area contributed by atoms with Gasteiger partial charge in [-0.2, -0.15) is 10.2 Å². The maximum absolute atomic E-state index is 12.9. The molecule has 2 aromatic heterocycles. The van der Waals surface area contributed by atoms with Gasteiger partial charge in [-0.25, -0.2) is 14.9 Å². The van der Waals surface area contributed by atoms with Crippen molar-refractivity contribution in [1.29, 1.82) is 0 Å². The number of thiophene rings is 1. The van der Waals surface area contributed by atoms with Crippen LogP contribution in [0.4, 0.5) is 5.00 Å². The summed E-state index contributed by atoms with van der Waals surface area (Å²) < 4.78 is 12.7. The van der Waals surface area contributed by atoms with Crippen LogP contribution in [0.15, 0.2) is 65.9 Å². The molecule has 11 heteroatoms. The molecule has 2 amide bonds. The number of ether oxygens (including phenoxy) is 2. The number of anilines is 1. The van der Waals surface area contributed by atoms with E-state index in [0.717, 1.165) is 53.1 Å². The van der Waals surface area contributed by atoms with Gasteiger partial charge in [0.25, 0.3) is 0 Å². The molecule has 10 nitrogen and oxygen atoms in total. The van der Waals surface area contributed by atoms with E-state index in [0.29, 0.717) is 34.3 Å². The van der Waals surface area contributed by atoms with Crippen molar-refractivity contribution in [3.63, 3.8) is 0 Å². The summed E-state index contributed by atoms with van der Waals surface area (Å²) >= 11 is 1.32. The molecular weight excluding hydrogens is 578 g/mol. The number of nitrogens with one attached hydrogen (secondary N) is 2. The standard InChI is InChI=1S/C33H35N5O5S/c1-4-17-43-25-14-12-22(13-15-25)29-23(20-38(37-29)24-9-7-6-8-10-24)19-34-36-31(40)30(39)35-32-28(33(41)42-5-2)26-16-11-21(3)18-27(26)44-32/h6-10,12-15,19-21H,4-5,11,16-18H2,1-3H3,(H,35,39)(H,36,40). The number of rotatable bonds is 10. The van der Waals surface area contributed by atoms with Gasteiger partial charge in [0.2, 0.25) is 0 Å². The van der Waals surface area contributed by atoms with Gasteiger partial charge >= 0.3 is 17.8 Å². The van der Waals surface area contributed by atoms with Crippen LogP contribution in [0.2, 0.25) is 0 Å². The summed E-state index contributed by atoms with van der Waals surface area (Å²) in [6.07, 6.45) is 6.63. The zero-order valence-electron chi connectivity index (χ0n) is 25.0. The lowest BCUT2D eigenvalue weighted by molar-refractivity contribution is -0.136. The Morgan fingerprint density at radius 1 is 1.09 bits per heavy atom. The molecule has 4 aromatic rings. The second-order valence-electron chi connectivity index (χ2n) is 10.5. The van der Waals surface area contributed by atoms with Gasteiger partial charge in [0, 0.05) is 22.2 Å². The second-order valence-corrected chi connectivity index (χ2v) is 11.6. The first-order chi connectivity index (χ1) is 21.4. The van der Waals surface area contributed by atoms with Gasteiger partial charge in [-0.05, 0) is 80.5 Å². The molecule has 1 aliphatic carbocycles. The first-order valence-corrected chi connectivity index (χ1v) is 15.5. The van der Waals surface area contributed by atoms with E-state index in [2.05, 4.69) is 29.7 Å². The summed E-state index contributed by atoms with van der Waals surface area (Å²) in [5, 5.41) is 11.8. The molecule has 1 aliphatic rings. The number of carbonyl (C=O) groups excluding carboxylic acids is 3. The summed E-state index contributed by atoms with van der Waals surface area (Å²) in [6.45, 7) is 6.78. The molecule has 2 heterocycles. The smallest absolute Gasteiger partial charge is 0.341 e. The molecule has 0 fully saturated rings. The van der Waals surface area contributed by atoms with Gasteiger partial charge in [-0.15, -0.1) is 11.3 Å². The number of carbonyl (C=O) groups is 3. The molecule has 228 valence electrons. The number of esters is 1. The SMILES string of the molecule is CCCOc1ccc(-c2nn(-c3ccccc3)cc2C=NNC(=O)C(=O)Nc2sc3c(c2C(=O)OCC)CCC(C)C3)cc1. The van der Waals surface area contributed by atoms with Crippen molar-refractivity contribution in [1.82, 2.24) is 15.2 Å². The first kappa shape index (κ1) is 30.7. The number of amides is 2. The van der Waals surface area contributed by atoms with Gasteiger partial charge < -0.3 is 14.8 Å². The Kier molecular flexibility index (Phi) is 9.86. The highest BCUT2D eigenvalue weighted by Gasteiger charge is 2.30. The average Bonchev–Trinajstić information content (AvgIpc) is 3.61. The Bertz CT molecular complexity index is 1660. The third-order valence-electron chi connectivity index (χ3n) is 7.16. The van der Waals surface area contributed by atoms with Crippen LogP contribution in [0.1, 0.15) is 60.0 Å². The lowest BCUT2D eigenvalue weighted by Crippen LogP contribution is -2.32. The summed E-state index contributed by atoms with van der Waals surface area (Å²) in [6, 6.07) is 17.2. The minimum absolute atomic E-state index is 0.210. The molecule has 1 atom stereocenters. The van der Waals surface area contributed by atoms with Crippen LogP contribution in [-0.2, 0) is 27.2 Å². The molecule has 5 rings (SSSR count). The first-order valence-electron chi connectivity index (χ1n) is 14.7. The van der Waals surface area contributed by atoms with E-state index in [9.17, 15) is 14.4 Å². The maximum atomic E-state index is 12.9. The van der Waals surface area contributed by atoms with Crippen molar-refractivity contribution in [2.75, 3.05) is 18.5 Å². The molecule has 44 heavy (non-hydrogen) atoms. The topological polar surface area (TPSA) is 124 Å². The van der Waals surface area contributed by atoms with Crippen LogP contribution in [-0.4, -0.2) is 47.0 Å². The van der Waals surface area contributed by atoms with Gasteiger partial charge in [-0.1, -0.05) is 32.0 Å². The van der Waals surface area contributed by atoms with E-state index in [4.69, 9.17) is 14.6 Å². The quantitative estimate of drug-likeness (QED) is 0.101. The third-order valence-corrected chi connectivity index (χ3v) is 8.33. The van der Waals surface area contributed by atoms with Crippen LogP contribution in [0.5, 0.6) is 5.75 Å². The number of nitrogens with zero attached hydrogens (tertiary/aromatic N) is 3. The van der Waals surface area contributed by atoms with Crippen LogP contribution < -0.4 is 15.5 Å². The summed E-state index contributed by atoms with van der Waals surface area (Å²) in [7, 11) is 0. The monoisotopic (exact) mass is 613 g/mol. The van der Waals surface area contributed by atoms with Gasteiger partial charge in [-0.3, -0.25) is 9.59 Å². The molecule has 2 aromatic carbocycles. The highest BCUT2D eigenvalue weighted by atomic mass is 32.1. The second kappa shape index (κ2) is 14.1. The normalized spacial score (nSPS) is 14.2. The van der Waals surface area contributed by atoms with Crippen molar-refractivity contribution in [3.8, 4) is 22.7 Å². The molecule has 1 unspecified atom stereocenters. The van der Waals surface area contributed by atoms with Crippen molar-refractivity contribution in [2.45, 2.75) is 46.5 Å². The Morgan fingerprint density at radius 3 is 2.59 bits per heavy atom. The van der Waals surface area contributed by atoms with Crippen molar-refractivity contribution in [3.05, 3.63) is 82.4 Å². The summed E-state index contributed by atoms with van der Waals surface area (Å²) in [5.41, 5.74) is 6.48. The van der Waals surface area contributed by atoms with Crippen LogP contribution >= 0.6 is 11.3 Å². The molecule has 0 saturated carbocycles. The molecule has 0 radical (unpaired) electrons. The zero-order chi connectivity index (χ0) is 31.1. The van der Waals surface area contributed by atoms with E-state index in [1.807, 2.05) is 54.6 Å². The number of aromatic nitrogens is 2. The highest BCUT2D eigenvalue weighted by Crippen LogP contribution is 2.40. The van der Waals surface area contributed by atoms with Crippen molar-refractivity contribution >= 4 is 40.3 Å². The van der Waals surface area contributed by atoms with Crippen LogP contribution in [0, 0.1) is 5.92 Å². The Morgan fingerprint density at radius 2 is 1.86 bits per heavy atom. The number of hydrogen-bond donors (Lipinski definition) is 2. The number of hydrazone groups is 1. The van der Waals surface area contributed by atoms with Crippen molar-refractivity contribution < 1.29 is 23.9 Å². The molecular formula is C33H35N5O5S. The zero-order valence-corrected chi connectivity index (χ0v) is 25.8. The fraction of sp³-hybridized carbons (Fsp3) is 0.303. The fourth-order valence-electron chi connectivity index (χ4n) is 4.98.